The van der Waals surface area contributed by atoms with E-state index >= 15 is 0 Å². The maximum Gasteiger partial charge on any atom is 0.317 e. The molecule has 0 fully saturated rings. The van der Waals surface area contributed by atoms with Crippen molar-refractivity contribution in [2.45, 2.75) is 33.4 Å². The quantitative estimate of drug-likeness (QED) is 0.782. The van der Waals surface area contributed by atoms with E-state index in [4.69, 9.17) is 5.11 Å². The highest BCUT2D eigenvalue weighted by Crippen LogP contribution is 2.18. The Balaban J connectivity index is 2.05. The monoisotopic (exact) mass is 368 g/mol. The molecular weight excluding hydrogens is 346 g/mol. The Labute approximate surface area is 150 Å². The molecule has 7 heteroatoms. The number of benzene rings is 1. The molecule has 136 valence electrons. The Morgan fingerprint density at radius 2 is 2.00 bits per heavy atom. The normalized spacial score (nSPS) is 10.8. The van der Waals surface area contributed by atoms with Crippen molar-refractivity contribution in [1.29, 1.82) is 0 Å². The number of nitrogens with zero attached hydrogens (tertiary/aromatic N) is 1. The number of hydrogen-bond acceptors (Lipinski definition) is 3. The Hall–Kier alpha value is -1.99. The van der Waals surface area contributed by atoms with E-state index in [-0.39, 0.29) is 18.7 Å². The number of aryl methyl sites for hydroxylation is 2. The minimum absolute atomic E-state index is 0.0333. The number of nitrogens with one attached hydrogen (secondary N) is 1. The van der Waals surface area contributed by atoms with Gasteiger partial charge in [-0.05, 0) is 44.0 Å². The number of aliphatic hydroxyl groups is 1. The van der Waals surface area contributed by atoms with Crippen molar-refractivity contribution in [2.75, 3.05) is 13.2 Å². The molecule has 1 heterocycles. The average Bonchev–Trinajstić information content (AvgIpc) is 2.99. The van der Waals surface area contributed by atoms with E-state index in [1.165, 1.54) is 17.0 Å². The van der Waals surface area contributed by atoms with Gasteiger partial charge in [0, 0.05) is 28.5 Å². The van der Waals surface area contributed by atoms with Gasteiger partial charge in [-0.2, -0.15) is 0 Å². The highest BCUT2D eigenvalue weighted by Gasteiger charge is 2.17. The van der Waals surface area contributed by atoms with E-state index in [9.17, 15) is 13.6 Å². The van der Waals surface area contributed by atoms with Crippen LogP contribution in [0.4, 0.5) is 13.6 Å². The second-order valence-electron chi connectivity index (χ2n) is 5.83. The first-order valence-electron chi connectivity index (χ1n) is 8.04. The number of rotatable bonds is 7. The fourth-order valence-electron chi connectivity index (χ4n) is 2.42. The molecule has 0 saturated heterocycles. The number of carbonyl (C=O) groups excluding carboxylic acids is 1. The molecule has 0 aliphatic heterocycles. The summed E-state index contributed by atoms with van der Waals surface area (Å²) in [5.41, 5.74) is 0.180. The van der Waals surface area contributed by atoms with E-state index in [1.54, 1.807) is 18.3 Å². The molecule has 0 spiro atoms. The molecule has 0 unspecified atom stereocenters. The summed E-state index contributed by atoms with van der Waals surface area (Å²) in [4.78, 5) is 16.1. The van der Waals surface area contributed by atoms with Crippen molar-refractivity contribution in [3.05, 3.63) is 56.8 Å². The van der Waals surface area contributed by atoms with Gasteiger partial charge in [-0.1, -0.05) is 6.07 Å². The van der Waals surface area contributed by atoms with Crippen LogP contribution in [0.5, 0.6) is 0 Å². The lowest BCUT2D eigenvalue weighted by Gasteiger charge is -2.22. The van der Waals surface area contributed by atoms with Crippen LogP contribution in [0.2, 0.25) is 0 Å². The minimum atomic E-state index is -0.681. The van der Waals surface area contributed by atoms with Crippen LogP contribution < -0.4 is 5.32 Å². The number of amides is 2. The largest absolute Gasteiger partial charge is 0.396 e. The highest BCUT2D eigenvalue weighted by molar-refractivity contribution is 7.11. The molecule has 0 aliphatic carbocycles. The molecule has 0 saturated carbocycles. The van der Waals surface area contributed by atoms with Crippen molar-refractivity contribution in [3.63, 3.8) is 0 Å². The molecule has 0 bridgehead atoms. The molecule has 1 aromatic carbocycles. The number of thiophene rings is 1. The van der Waals surface area contributed by atoms with Crippen molar-refractivity contribution in [3.8, 4) is 0 Å². The molecule has 25 heavy (non-hydrogen) atoms. The fourth-order valence-corrected chi connectivity index (χ4v) is 3.33. The van der Waals surface area contributed by atoms with Crippen LogP contribution in [-0.2, 0) is 13.1 Å². The first kappa shape index (κ1) is 19.3. The zero-order valence-corrected chi connectivity index (χ0v) is 15.1. The summed E-state index contributed by atoms with van der Waals surface area (Å²) in [6, 6.07) is 6.05. The number of carbonyl (C=O) groups is 1. The summed E-state index contributed by atoms with van der Waals surface area (Å²) < 4.78 is 27.8. The number of hydrogen-bond donors (Lipinski definition) is 2. The van der Waals surface area contributed by atoms with Crippen molar-refractivity contribution >= 4 is 17.4 Å². The van der Waals surface area contributed by atoms with Crippen LogP contribution >= 0.6 is 11.3 Å². The molecule has 2 N–H and O–H groups in total. The smallest absolute Gasteiger partial charge is 0.317 e. The van der Waals surface area contributed by atoms with Gasteiger partial charge in [0.15, 0.2) is 0 Å². The van der Waals surface area contributed by atoms with Crippen LogP contribution in [0.25, 0.3) is 0 Å². The van der Waals surface area contributed by atoms with E-state index in [0.717, 1.165) is 9.75 Å². The first-order valence-corrected chi connectivity index (χ1v) is 8.86. The van der Waals surface area contributed by atoms with Crippen LogP contribution in [0.1, 0.15) is 27.3 Å². The summed E-state index contributed by atoms with van der Waals surface area (Å²) in [5, 5.41) is 11.6. The Bertz CT molecular complexity index is 734. The molecule has 0 aliphatic rings. The van der Waals surface area contributed by atoms with Gasteiger partial charge in [-0.3, -0.25) is 0 Å². The second-order valence-corrected chi connectivity index (χ2v) is 7.20. The van der Waals surface area contributed by atoms with Gasteiger partial charge < -0.3 is 15.3 Å². The summed E-state index contributed by atoms with van der Waals surface area (Å²) in [5.74, 6) is -1.32. The molecular formula is C18H22F2N2O2S. The van der Waals surface area contributed by atoms with Crippen LogP contribution in [-0.4, -0.2) is 29.2 Å². The predicted octanol–water partition coefficient (Wildman–Crippen LogP) is 3.74. The van der Waals surface area contributed by atoms with Gasteiger partial charge in [0.2, 0.25) is 0 Å². The van der Waals surface area contributed by atoms with Gasteiger partial charge in [-0.15, -0.1) is 11.3 Å². The van der Waals surface area contributed by atoms with Crippen LogP contribution in [0.15, 0.2) is 24.3 Å². The zero-order valence-electron chi connectivity index (χ0n) is 14.3. The maximum atomic E-state index is 14.0. The molecule has 2 aromatic rings. The third kappa shape index (κ3) is 5.24. The second kappa shape index (κ2) is 8.92. The van der Waals surface area contributed by atoms with Crippen molar-refractivity contribution in [2.24, 2.45) is 0 Å². The lowest BCUT2D eigenvalue weighted by Crippen LogP contribution is -2.40. The Kier molecular flexibility index (Phi) is 6.90. The van der Waals surface area contributed by atoms with E-state index in [0.29, 0.717) is 25.1 Å². The molecule has 0 atom stereocenters. The summed E-state index contributed by atoms with van der Waals surface area (Å²) in [7, 11) is 0. The van der Waals surface area contributed by atoms with Gasteiger partial charge >= 0.3 is 6.03 Å². The molecule has 2 rings (SSSR count). The highest BCUT2D eigenvalue weighted by atomic mass is 32.1. The first-order chi connectivity index (χ1) is 11.9. The lowest BCUT2D eigenvalue weighted by molar-refractivity contribution is 0.186. The topological polar surface area (TPSA) is 52.6 Å². The third-order valence-electron chi connectivity index (χ3n) is 3.81. The van der Waals surface area contributed by atoms with Gasteiger partial charge in [0.25, 0.3) is 0 Å². The van der Waals surface area contributed by atoms with Crippen LogP contribution in [0, 0.1) is 25.5 Å². The lowest BCUT2D eigenvalue weighted by atomic mass is 10.1. The summed E-state index contributed by atoms with van der Waals surface area (Å²) in [6.45, 7) is 4.02. The van der Waals surface area contributed by atoms with E-state index < -0.39 is 17.7 Å². The van der Waals surface area contributed by atoms with Crippen molar-refractivity contribution in [1.82, 2.24) is 10.2 Å². The third-order valence-corrected chi connectivity index (χ3v) is 4.80. The van der Waals surface area contributed by atoms with Crippen LogP contribution in [0.3, 0.4) is 0 Å². The number of halogens is 2. The SMILES string of the molecule is Cc1ccc(CN(CCCO)C(=O)NCc2c(F)ccc(C)c2F)s1. The van der Waals surface area contributed by atoms with E-state index in [1.807, 2.05) is 19.1 Å². The molecule has 0 radical (unpaired) electrons. The van der Waals surface area contributed by atoms with Gasteiger partial charge in [-0.25, -0.2) is 13.6 Å². The van der Waals surface area contributed by atoms with Gasteiger partial charge in [0.1, 0.15) is 11.6 Å². The Morgan fingerprint density at radius 1 is 1.24 bits per heavy atom. The molecule has 4 nitrogen and oxygen atoms in total. The van der Waals surface area contributed by atoms with E-state index in [2.05, 4.69) is 5.32 Å². The van der Waals surface area contributed by atoms with Gasteiger partial charge in [0.05, 0.1) is 13.1 Å². The van der Waals surface area contributed by atoms with Crippen molar-refractivity contribution < 1.29 is 18.7 Å². The summed E-state index contributed by atoms with van der Waals surface area (Å²) >= 11 is 1.58. The maximum absolute atomic E-state index is 14.0. The Morgan fingerprint density at radius 3 is 2.64 bits per heavy atom. The summed E-state index contributed by atoms with van der Waals surface area (Å²) in [6.07, 6.45) is 0.435. The minimum Gasteiger partial charge on any atom is -0.396 e. The number of urea groups is 1. The predicted molar refractivity (Wildman–Crippen MR) is 94.5 cm³/mol. The average molecular weight is 368 g/mol. The fraction of sp³-hybridized carbons (Fsp3) is 0.389. The zero-order chi connectivity index (χ0) is 18.4. The number of aliphatic hydroxyl groups excluding tert-OH is 1. The molecule has 1 aromatic heterocycles. The molecule has 2 amide bonds. The standard InChI is InChI=1S/C18H22F2N2O2S/c1-12-4-7-16(19)15(17(12)20)10-21-18(24)22(8-3-9-23)11-14-6-5-13(2)25-14/h4-7,23H,3,8-11H2,1-2H3,(H,21,24).